The van der Waals surface area contributed by atoms with Gasteiger partial charge >= 0.3 is 0 Å². The smallest absolute Gasteiger partial charge is 0.149 e. The van der Waals surface area contributed by atoms with Crippen LogP contribution in [0.1, 0.15) is 7.43 Å². The van der Waals surface area contributed by atoms with Crippen molar-refractivity contribution in [2.45, 2.75) is 7.43 Å². The summed E-state index contributed by atoms with van der Waals surface area (Å²) in [4.78, 5) is 14.3. The highest BCUT2D eigenvalue weighted by Crippen LogP contribution is 1.81. The molecule has 0 aromatic rings. The first kappa shape index (κ1) is 8.84. The third-order valence-electron chi connectivity index (χ3n) is 0. The van der Waals surface area contributed by atoms with Gasteiger partial charge in [0.2, 0.25) is 0 Å². The van der Waals surface area contributed by atoms with Crippen LogP contribution < -0.4 is 0 Å². The number of rotatable bonds is 0. The molecule has 0 aliphatic rings. The summed E-state index contributed by atoms with van der Waals surface area (Å²) >= 11 is 0. The highest BCUT2D eigenvalue weighted by molar-refractivity contribution is 7.23. The van der Waals surface area contributed by atoms with Crippen LogP contribution in [0.3, 0.4) is 0 Å². The van der Waals surface area contributed by atoms with Crippen molar-refractivity contribution in [1.82, 2.24) is 0 Å². The molecule has 0 aromatic carbocycles. The minimum Gasteiger partial charge on any atom is -0.352 e. The third-order valence-corrected chi connectivity index (χ3v) is 0. The van der Waals surface area contributed by atoms with Gasteiger partial charge in [-0.05, 0) is 0 Å². The van der Waals surface area contributed by atoms with E-state index in [1.165, 1.54) is 0 Å². The Bertz CT molecular complexity index is 6.00. The van der Waals surface area contributed by atoms with Crippen LogP contribution >= 0.6 is 9.03 Å². The van der Waals surface area contributed by atoms with Gasteiger partial charge in [-0.1, -0.05) is 7.43 Å². The maximum atomic E-state index is 7.15. The second kappa shape index (κ2) is 10.2. The maximum Gasteiger partial charge on any atom is 0.149 e. The van der Waals surface area contributed by atoms with E-state index in [4.69, 9.17) is 9.79 Å². The van der Waals surface area contributed by atoms with Crippen LogP contribution in [0, 0.1) is 0 Å². The molecule has 4 heavy (non-hydrogen) atoms. The van der Waals surface area contributed by atoms with Crippen molar-refractivity contribution in [2.75, 3.05) is 0 Å². The molecule has 2 N–H and O–H groups in total. The summed E-state index contributed by atoms with van der Waals surface area (Å²) in [5, 5.41) is 0. The average Bonchev–Trinajstić information content (AvgIpc) is 0.918. The molecule has 3 heteroatoms. The van der Waals surface area contributed by atoms with Crippen molar-refractivity contribution in [3.05, 3.63) is 0 Å². The number of hydrogen-bond donors (Lipinski definition) is 2. The Labute approximate surface area is 27.4 Å². The Hall–Kier alpha value is 0.350. The fourth-order valence-corrected chi connectivity index (χ4v) is 0. The molecule has 0 heterocycles. The third kappa shape index (κ3) is 35.0. The molecule has 0 radical (unpaired) electrons. The summed E-state index contributed by atoms with van der Waals surface area (Å²) in [6, 6.07) is 0. The Balaban J connectivity index is 0. The zero-order valence-electron chi connectivity index (χ0n) is 1.39. The summed E-state index contributed by atoms with van der Waals surface area (Å²) in [7, 11) is -0.917. The lowest BCUT2D eigenvalue weighted by atomic mass is 12.0. The first-order valence-corrected chi connectivity index (χ1v) is 1.34. The molecule has 0 fully saturated rings. The lowest BCUT2D eigenvalue weighted by Crippen LogP contribution is -1.24. The molecule has 0 saturated carbocycles. The van der Waals surface area contributed by atoms with Gasteiger partial charge in [-0.2, -0.15) is 0 Å². The lowest BCUT2D eigenvalue weighted by Gasteiger charge is -1.54. The predicted octanol–water partition coefficient (Wildman–Crippen LogP) is 0.116. The van der Waals surface area contributed by atoms with Crippen molar-refractivity contribution in [1.29, 1.82) is 0 Å². The van der Waals surface area contributed by atoms with Crippen LogP contribution in [0.2, 0.25) is 0 Å². The van der Waals surface area contributed by atoms with E-state index in [2.05, 4.69) is 0 Å². The van der Waals surface area contributed by atoms with Crippen LogP contribution in [0.5, 0.6) is 0 Å². The minimum atomic E-state index is -0.917. The van der Waals surface area contributed by atoms with E-state index < -0.39 is 9.03 Å². The molecule has 0 rings (SSSR count). The molecule has 0 atom stereocenters. The van der Waals surface area contributed by atoms with Crippen molar-refractivity contribution in [3.8, 4) is 0 Å². The Morgan fingerprint density at radius 3 is 1.25 bits per heavy atom. The molecule has 0 bridgehead atoms. The van der Waals surface area contributed by atoms with Gasteiger partial charge < -0.3 is 9.79 Å². The molecule has 0 aromatic heterocycles. The van der Waals surface area contributed by atoms with Gasteiger partial charge in [0.1, 0.15) is 9.03 Å². The first-order chi connectivity index (χ1) is 1.41. The van der Waals surface area contributed by atoms with E-state index in [-0.39, 0.29) is 7.43 Å². The molecule has 28 valence electrons. The fourth-order valence-electron chi connectivity index (χ4n) is 0. The normalized spacial score (nSPS) is 4.50. The molecule has 0 spiro atoms. The highest BCUT2D eigenvalue weighted by Gasteiger charge is 1.34. The van der Waals surface area contributed by atoms with E-state index in [0.717, 1.165) is 0 Å². The Morgan fingerprint density at radius 1 is 1.25 bits per heavy atom. The van der Waals surface area contributed by atoms with Crippen LogP contribution in [0.25, 0.3) is 0 Å². The van der Waals surface area contributed by atoms with Gasteiger partial charge in [-0.15, -0.1) is 0 Å². The summed E-state index contributed by atoms with van der Waals surface area (Å²) in [5.74, 6) is 0. The molecule has 0 unspecified atom stereocenters. The summed E-state index contributed by atoms with van der Waals surface area (Å²) in [6.45, 7) is 0. The van der Waals surface area contributed by atoms with Crippen molar-refractivity contribution >= 4 is 9.03 Å². The van der Waals surface area contributed by atoms with Gasteiger partial charge in [0, 0.05) is 0 Å². The van der Waals surface area contributed by atoms with Crippen LogP contribution in [-0.4, -0.2) is 9.79 Å². The van der Waals surface area contributed by atoms with Crippen LogP contribution in [0.15, 0.2) is 0 Å². The topological polar surface area (TPSA) is 40.5 Å². The predicted molar refractivity (Wildman–Crippen MR) is 19.5 cm³/mol. The standard InChI is InChI=1S/CH4.H3O2P/c;1-3-2/h1H4;1-3H. The second-order valence-corrected chi connectivity index (χ2v) is 0.300. The Kier molecular flexibility index (Phi) is 22.4. The lowest BCUT2D eigenvalue weighted by molar-refractivity contribution is 0.513. The van der Waals surface area contributed by atoms with E-state index in [9.17, 15) is 0 Å². The quantitative estimate of drug-likeness (QED) is 0.407. The maximum absolute atomic E-state index is 7.15. The molecular weight excluding hydrogens is 75.0 g/mol. The zero-order valence-corrected chi connectivity index (χ0v) is 2.39. The van der Waals surface area contributed by atoms with Crippen LogP contribution in [-0.2, 0) is 0 Å². The SMILES string of the molecule is C.OPO. The summed E-state index contributed by atoms with van der Waals surface area (Å²) < 4.78 is 0. The van der Waals surface area contributed by atoms with E-state index in [1.807, 2.05) is 0 Å². The molecule has 0 aliphatic carbocycles. The largest absolute Gasteiger partial charge is 0.352 e. The fraction of sp³-hybridized carbons (Fsp3) is 1.00. The van der Waals surface area contributed by atoms with Crippen molar-refractivity contribution in [2.24, 2.45) is 0 Å². The van der Waals surface area contributed by atoms with Gasteiger partial charge in [0.25, 0.3) is 0 Å². The van der Waals surface area contributed by atoms with E-state index >= 15 is 0 Å². The first-order valence-electron chi connectivity index (χ1n) is 0.447. The zero-order chi connectivity index (χ0) is 2.71. The molecular formula is CH7O2P. The Morgan fingerprint density at radius 2 is 1.25 bits per heavy atom. The van der Waals surface area contributed by atoms with Gasteiger partial charge in [0.15, 0.2) is 0 Å². The van der Waals surface area contributed by atoms with E-state index in [1.54, 1.807) is 0 Å². The van der Waals surface area contributed by atoms with Crippen molar-refractivity contribution < 1.29 is 9.79 Å². The van der Waals surface area contributed by atoms with Gasteiger partial charge in [-0.3, -0.25) is 0 Å². The average molecular weight is 82.0 g/mol. The van der Waals surface area contributed by atoms with Crippen LogP contribution in [0.4, 0.5) is 0 Å². The molecule has 2 nitrogen and oxygen atoms in total. The minimum absolute atomic E-state index is 0. The van der Waals surface area contributed by atoms with Gasteiger partial charge in [0.05, 0.1) is 0 Å². The number of hydrogen-bond acceptors (Lipinski definition) is 2. The van der Waals surface area contributed by atoms with Crippen molar-refractivity contribution in [3.63, 3.8) is 0 Å². The summed E-state index contributed by atoms with van der Waals surface area (Å²) in [6.07, 6.45) is 0. The summed E-state index contributed by atoms with van der Waals surface area (Å²) in [5.41, 5.74) is 0. The monoisotopic (exact) mass is 82.0 g/mol. The molecule has 0 saturated heterocycles. The second-order valence-electron chi connectivity index (χ2n) is 0.100. The molecule has 0 amide bonds. The molecule has 0 aliphatic heterocycles. The van der Waals surface area contributed by atoms with E-state index in [0.29, 0.717) is 0 Å². The van der Waals surface area contributed by atoms with Gasteiger partial charge in [-0.25, -0.2) is 0 Å². The highest BCUT2D eigenvalue weighted by atomic mass is 31.1.